The smallest absolute Gasteiger partial charge is 0.307 e. The number of hydrogen-bond donors (Lipinski definition) is 2. The van der Waals surface area contributed by atoms with Crippen LogP contribution in [0.3, 0.4) is 0 Å². The molecule has 4 fully saturated rings. The first-order valence-corrected chi connectivity index (χ1v) is 15.6. The highest BCUT2D eigenvalue weighted by Crippen LogP contribution is 2.75. The lowest BCUT2D eigenvalue weighted by Crippen LogP contribution is -2.68. The minimum atomic E-state index is -0.586. The van der Waals surface area contributed by atoms with Gasteiger partial charge in [-0.25, -0.2) is 0 Å². The molecule has 4 aliphatic carbocycles. The second-order valence-electron chi connectivity index (χ2n) is 15.6. The number of carboxylic acid groups (broad SMARTS) is 1. The van der Waals surface area contributed by atoms with E-state index >= 15 is 0 Å². The maximum atomic E-state index is 13.2. The molecule has 5 rings (SSSR count). The summed E-state index contributed by atoms with van der Waals surface area (Å²) in [5, 5.41) is 10.9. The molecule has 0 spiro atoms. The van der Waals surface area contributed by atoms with E-state index in [-0.39, 0.29) is 39.1 Å². The zero-order valence-electron chi connectivity index (χ0n) is 25.4. The highest BCUT2D eigenvalue weighted by Gasteiger charge is 2.71. The Bertz CT molecular complexity index is 978. The van der Waals surface area contributed by atoms with E-state index in [0.717, 1.165) is 45.3 Å². The number of fused-ring (bicyclic) bond motifs is 3. The number of allylic oxidation sites excluding steroid dienone is 1. The van der Waals surface area contributed by atoms with Gasteiger partial charge in [-0.3, -0.25) is 4.79 Å². The molecule has 1 aliphatic heterocycles. The fraction of sp³-hybridized carbons (Fsp3) is 0.909. The average molecular weight is 530 g/mol. The van der Waals surface area contributed by atoms with Crippen LogP contribution in [0, 0.1) is 62.6 Å². The molecule has 0 aromatic carbocycles. The zero-order valence-corrected chi connectivity index (χ0v) is 25.4. The number of carbonyl (C=O) groups is 1. The molecule has 0 aromatic heterocycles. The van der Waals surface area contributed by atoms with Gasteiger partial charge in [-0.15, -0.1) is 0 Å². The van der Waals surface area contributed by atoms with Crippen molar-refractivity contribution < 1.29 is 19.4 Å². The molecular weight excluding hydrogens is 474 g/mol. The number of rotatable bonds is 6. The molecule has 5 nitrogen and oxygen atoms in total. The molecule has 0 unspecified atom stereocenters. The Morgan fingerprint density at radius 3 is 2.47 bits per heavy atom. The van der Waals surface area contributed by atoms with Crippen molar-refractivity contribution in [2.75, 3.05) is 26.4 Å². The topological polar surface area (TPSA) is 81.8 Å². The zero-order chi connectivity index (χ0) is 27.9. The molecule has 5 heteroatoms. The van der Waals surface area contributed by atoms with Crippen LogP contribution in [0.15, 0.2) is 11.6 Å². The van der Waals surface area contributed by atoms with Gasteiger partial charge in [-0.1, -0.05) is 67.0 Å². The van der Waals surface area contributed by atoms with Crippen molar-refractivity contribution in [3.8, 4) is 0 Å². The first kappa shape index (κ1) is 28.6. The summed E-state index contributed by atoms with van der Waals surface area (Å²) in [5.74, 6) is 1.32. The minimum Gasteiger partial charge on any atom is -0.481 e. The molecule has 3 saturated carbocycles. The van der Waals surface area contributed by atoms with Gasteiger partial charge in [0.25, 0.3) is 0 Å². The van der Waals surface area contributed by atoms with Gasteiger partial charge in [0.2, 0.25) is 0 Å². The van der Waals surface area contributed by atoms with E-state index in [2.05, 4.69) is 61.5 Å². The lowest BCUT2D eigenvalue weighted by atomic mass is 9.34. The van der Waals surface area contributed by atoms with Crippen LogP contribution in [-0.4, -0.2) is 43.5 Å². The molecule has 3 N–H and O–H groups in total. The number of hydrogen-bond acceptors (Lipinski definition) is 4. The summed E-state index contributed by atoms with van der Waals surface area (Å²) in [7, 11) is 0. The van der Waals surface area contributed by atoms with E-state index in [1.807, 2.05) is 0 Å². The molecule has 1 saturated heterocycles. The Balaban J connectivity index is 1.58. The van der Waals surface area contributed by atoms with Crippen LogP contribution in [0.1, 0.15) is 93.9 Å². The van der Waals surface area contributed by atoms with Crippen LogP contribution in [0.25, 0.3) is 0 Å². The van der Waals surface area contributed by atoms with E-state index in [4.69, 9.17) is 15.2 Å². The van der Waals surface area contributed by atoms with Gasteiger partial charge < -0.3 is 20.3 Å². The highest BCUT2D eigenvalue weighted by atomic mass is 16.5. The summed E-state index contributed by atoms with van der Waals surface area (Å²) < 4.78 is 13.0. The van der Waals surface area contributed by atoms with Crippen LogP contribution in [0.5, 0.6) is 0 Å². The Morgan fingerprint density at radius 2 is 1.84 bits per heavy atom. The van der Waals surface area contributed by atoms with Gasteiger partial charge in [-0.05, 0) is 84.4 Å². The third kappa shape index (κ3) is 3.56. The fourth-order valence-electron chi connectivity index (χ4n) is 11.6. The average Bonchev–Trinajstić information content (AvgIpc) is 2.83. The fourth-order valence-corrected chi connectivity index (χ4v) is 11.6. The van der Waals surface area contributed by atoms with Crippen molar-refractivity contribution in [2.45, 2.75) is 100 Å². The van der Waals surface area contributed by atoms with Crippen molar-refractivity contribution in [1.29, 1.82) is 0 Å². The Labute approximate surface area is 231 Å². The number of carboxylic acids is 1. The molecule has 0 radical (unpaired) electrons. The predicted octanol–water partition coefficient (Wildman–Crippen LogP) is 6.55. The molecular formula is C33H55NO4. The Hall–Kier alpha value is -0.910. The van der Waals surface area contributed by atoms with Crippen LogP contribution in [0.4, 0.5) is 0 Å². The van der Waals surface area contributed by atoms with Crippen LogP contribution in [-0.2, 0) is 14.3 Å². The second-order valence-corrected chi connectivity index (χ2v) is 15.6. The van der Waals surface area contributed by atoms with Crippen molar-refractivity contribution >= 4 is 5.97 Å². The summed E-state index contributed by atoms with van der Waals surface area (Å²) >= 11 is 0. The lowest BCUT2D eigenvalue weighted by molar-refractivity contribution is -0.250. The summed E-state index contributed by atoms with van der Waals surface area (Å²) in [5.41, 5.74) is 7.01. The van der Waals surface area contributed by atoms with Crippen molar-refractivity contribution in [1.82, 2.24) is 0 Å². The monoisotopic (exact) mass is 529 g/mol. The van der Waals surface area contributed by atoms with Crippen molar-refractivity contribution in [2.24, 2.45) is 68.3 Å². The number of nitrogens with two attached hydrogens (primary N) is 1. The summed E-state index contributed by atoms with van der Waals surface area (Å²) in [6.45, 7) is 21.5. The summed E-state index contributed by atoms with van der Waals surface area (Å²) in [6, 6.07) is 0. The van der Waals surface area contributed by atoms with E-state index in [1.54, 1.807) is 5.57 Å². The van der Waals surface area contributed by atoms with Crippen LogP contribution >= 0.6 is 0 Å². The molecule has 1 heterocycles. The van der Waals surface area contributed by atoms with Gasteiger partial charge in [0.05, 0.1) is 31.8 Å². The number of ether oxygens (including phenoxy) is 2. The van der Waals surface area contributed by atoms with Crippen molar-refractivity contribution in [3.05, 3.63) is 11.6 Å². The minimum absolute atomic E-state index is 0.0139. The lowest BCUT2D eigenvalue weighted by Gasteiger charge is -2.71. The van der Waals surface area contributed by atoms with Crippen molar-refractivity contribution in [3.63, 3.8) is 0 Å². The standard InChI is InChI=1S/C33H55NO4/c1-20(2)22(4)29(5)13-14-31(7)23-9-10-25-30(6)18-37-19-33(25,17-21(3)27(30)38-16-15-34)24(23)11-12-32(31,8)26(29)28(35)36/h11,20-23,25-27H,9-10,12-19,34H2,1-8H3,(H,35,36)/t21-,22-,23+,25+,26-,27+,29-,30+,31-,32+,33+/m1/s1. The van der Waals surface area contributed by atoms with E-state index in [1.165, 1.54) is 6.42 Å². The van der Waals surface area contributed by atoms with Gasteiger partial charge >= 0.3 is 5.97 Å². The first-order chi connectivity index (χ1) is 17.7. The first-order valence-electron chi connectivity index (χ1n) is 15.6. The van der Waals surface area contributed by atoms with Gasteiger partial charge in [-0.2, -0.15) is 0 Å². The maximum Gasteiger partial charge on any atom is 0.307 e. The SMILES string of the molecule is CC(C)[C@@H](C)[C@@]1(C)CC[C@]2(C)[C@H]3CC[C@@H]4[C@@]5(COC[C@]4(C)[C@@H](OCCN)[C@H](C)C5)C3=CC[C@@]2(C)[C@@H]1C(=O)O. The normalized spacial score (nSPS) is 50.9. The van der Waals surface area contributed by atoms with Gasteiger partial charge in [0.15, 0.2) is 0 Å². The third-order valence-corrected chi connectivity index (χ3v) is 13.8. The molecule has 38 heavy (non-hydrogen) atoms. The molecule has 0 amide bonds. The Kier molecular flexibility index (Phi) is 7.01. The van der Waals surface area contributed by atoms with Crippen LogP contribution in [0.2, 0.25) is 0 Å². The molecule has 216 valence electrons. The second kappa shape index (κ2) is 9.31. The van der Waals surface area contributed by atoms with Crippen LogP contribution < -0.4 is 5.73 Å². The quantitative estimate of drug-likeness (QED) is 0.381. The molecule has 5 aliphatic rings. The summed E-state index contributed by atoms with van der Waals surface area (Å²) in [6.07, 6.45) is 9.12. The third-order valence-electron chi connectivity index (χ3n) is 13.8. The van der Waals surface area contributed by atoms with E-state index in [0.29, 0.717) is 42.7 Å². The predicted molar refractivity (Wildman–Crippen MR) is 152 cm³/mol. The summed E-state index contributed by atoms with van der Waals surface area (Å²) in [4.78, 5) is 13.2. The van der Waals surface area contributed by atoms with E-state index < -0.39 is 5.97 Å². The Morgan fingerprint density at radius 1 is 1.13 bits per heavy atom. The largest absolute Gasteiger partial charge is 0.481 e. The number of aliphatic carboxylic acids is 1. The van der Waals surface area contributed by atoms with E-state index in [9.17, 15) is 9.90 Å². The molecule has 11 atom stereocenters. The maximum absolute atomic E-state index is 13.2. The van der Waals surface area contributed by atoms with Gasteiger partial charge in [0, 0.05) is 17.4 Å². The highest BCUT2D eigenvalue weighted by molar-refractivity contribution is 5.73. The molecule has 0 aromatic rings. The molecule has 2 bridgehead atoms. The van der Waals surface area contributed by atoms with Gasteiger partial charge in [0.1, 0.15) is 0 Å².